The van der Waals surface area contributed by atoms with Gasteiger partial charge in [0.1, 0.15) is 5.82 Å². The first-order valence-corrected chi connectivity index (χ1v) is 6.73. The summed E-state index contributed by atoms with van der Waals surface area (Å²) in [4.78, 5) is 13.7. The number of halogens is 1. The van der Waals surface area contributed by atoms with Crippen LogP contribution in [0.1, 0.15) is 36.2 Å². The number of hydrogen-bond acceptors (Lipinski definition) is 2. The van der Waals surface area contributed by atoms with Crippen LogP contribution in [0.15, 0.2) is 18.2 Å². The van der Waals surface area contributed by atoms with Crippen molar-refractivity contribution in [1.29, 1.82) is 0 Å². The quantitative estimate of drug-likeness (QED) is 0.857. The molecule has 0 aliphatic carbocycles. The Morgan fingerprint density at radius 1 is 1.50 bits per heavy atom. The normalized spacial score (nSPS) is 11.4. The molecular weight excluding hydrogens is 255 g/mol. The Hall–Kier alpha value is -1.86. The number of carbonyl (C=O) groups is 1. The SMILES string of the molecule is CCC(C)CN(C)C(=O)c1ccc(C#CCN)cc1F. The van der Waals surface area contributed by atoms with E-state index >= 15 is 0 Å². The molecule has 20 heavy (non-hydrogen) atoms. The average Bonchev–Trinajstić information content (AvgIpc) is 2.44. The van der Waals surface area contributed by atoms with E-state index in [4.69, 9.17) is 5.73 Å². The van der Waals surface area contributed by atoms with Crippen molar-refractivity contribution in [3.05, 3.63) is 35.1 Å². The van der Waals surface area contributed by atoms with Gasteiger partial charge in [-0.25, -0.2) is 4.39 Å². The number of nitrogens with zero attached hydrogens (tertiary/aromatic N) is 1. The highest BCUT2D eigenvalue weighted by molar-refractivity contribution is 5.94. The molecule has 0 spiro atoms. The van der Waals surface area contributed by atoms with E-state index in [1.54, 1.807) is 18.0 Å². The zero-order valence-electron chi connectivity index (χ0n) is 12.2. The Bertz CT molecular complexity index is 531. The topological polar surface area (TPSA) is 46.3 Å². The van der Waals surface area contributed by atoms with Crippen LogP contribution in [0.2, 0.25) is 0 Å². The highest BCUT2D eigenvalue weighted by Crippen LogP contribution is 2.13. The van der Waals surface area contributed by atoms with Crippen LogP contribution in [0, 0.1) is 23.6 Å². The largest absolute Gasteiger partial charge is 0.341 e. The van der Waals surface area contributed by atoms with Crippen LogP contribution < -0.4 is 5.73 Å². The third kappa shape index (κ3) is 4.36. The lowest BCUT2D eigenvalue weighted by Crippen LogP contribution is -2.31. The van der Waals surface area contributed by atoms with E-state index in [0.717, 1.165) is 6.42 Å². The van der Waals surface area contributed by atoms with Gasteiger partial charge in [-0.05, 0) is 24.1 Å². The Morgan fingerprint density at radius 3 is 2.75 bits per heavy atom. The predicted molar refractivity (Wildman–Crippen MR) is 78.7 cm³/mol. The van der Waals surface area contributed by atoms with E-state index in [2.05, 4.69) is 25.7 Å². The van der Waals surface area contributed by atoms with E-state index in [9.17, 15) is 9.18 Å². The Balaban J connectivity index is 2.88. The fourth-order valence-corrected chi connectivity index (χ4v) is 1.80. The molecule has 0 radical (unpaired) electrons. The van der Waals surface area contributed by atoms with Gasteiger partial charge in [-0.1, -0.05) is 32.1 Å². The van der Waals surface area contributed by atoms with Crippen LogP contribution in [0.4, 0.5) is 4.39 Å². The molecule has 2 N–H and O–H groups in total. The fourth-order valence-electron chi connectivity index (χ4n) is 1.80. The summed E-state index contributed by atoms with van der Waals surface area (Å²) in [5, 5.41) is 0. The smallest absolute Gasteiger partial charge is 0.256 e. The van der Waals surface area contributed by atoms with Crippen molar-refractivity contribution < 1.29 is 9.18 Å². The van der Waals surface area contributed by atoms with Crippen molar-refractivity contribution in [2.24, 2.45) is 11.7 Å². The summed E-state index contributed by atoms with van der Waals surface area (Å²) < 4.78 is 14.0. The van der Waals surface area contributed by atoms with E-state index < -0.39 is 5.82 Å². The predicted octanol–water partition coefficient (Wildman–Crippen LogP) is 2.25. The maximum absolute atomic E-state index is 14.0. The van der Waals surface area contributed by atoms with Gasteiger partial charge in [0.05, 0.1) is 12.1 Å². The second-order valence-corrected chi connectivity index (χ2v) is 4.90. The van der Waals surface area contributed by atoms with Gasteiger partial charge in [-0.3, -0.25) is 4.79 Å². The summed E-state index contributed by atoms with van der Waals surface area (Å²) in [5.41, 5.74) is 5.86. The maximum Gasteiger partial charge on any atom is 0.256 e. The van der Waals surface area contributed by atoms with Crippen LogP contribution in [0.3, 0.4) is 0 Å². The van der Waals surface area contributed by atoms with Crippen LogP contribution in [0.5, 0.6) is 0 Å². The van der Waals surface area contributed by atoms with Crippen LogP contribution in [0.25, 0.3) is 0 Å². The molecule has 1 amide bonds. The molecule has 0 saturated carbocycles. The first kappa shape index (κ1) is 16.2. The van der Waals surface area contributed by atoms with E-state index in [1.165, 1.54) is 12.1 Å². The van der Waals surface area contributed by atoms with E-state index in [-0.39, 0.29) is 18.0 Å². The number of rotatable bonds is 4. The molecule has 0 aromatic heterocycles. The second kappa shape index (κ2) is 7.66. The highest BCUT2D eigenvalue weighted by atomic mass is 19.1. The lowest BCUT2D eigenvalue weighted by molar-refractivity contribution is 0.0770. The van der Waals surface area contributed by atoms with Crippen LogP contribution >= 0.6 is 0 Å². The molecule has 1 aromatic carbocycles. The molecule has 0 saturated heterocycles. The molecule has 1 aromatic rings. The van der Waals surface area contributed by atoms with Gasteiger partial charge in [0, 0.05) is 19.2 Å². The Kier molecular flexibility index (Phi) is 6.20. The molecule has 1 unspecified atom stereocenters. The van der Waals surface area contributed by atoms with Gasteiger partial charge < -0.3 is 10.6 Å². The average molecular weight is 276 g/mol. The lowest BCUT2D eigenvalue weighted by atomic mass is 10.1. The summed E-state index contributed by atoms with van der Waals surface area (Å²) >= 11 is 0. The summed E-state index contributed by atoms with van der Waals surface area (Å²) in [5.74, 6) is 4.93. The molecule has 0 heterocycles. The van der Waals surface area contributed by atoms with Crippen molar-refractivity contribution in [3.8, 4) is 11.8 Å². The number of hydrogen-bond donors (Lipinski definition) is 1. The zero-order valence-corrected chi connectivity index (χ0v) is 12.2. The number of benzene rings is 1. The van der Waals surface area contributed by atoms with Crippen LogP contribution in [-0.2, 0) is 0 Å². The first-order chi connectivity index (χ1) is 9.49. The molecule has 0 fully saturated rings. The number of carbonyl (C=O) groups excluding carboxylic acids is 1. The van der Waals surface area contributed by atoms with Crippen LogP contribution in [-0.4, -0.2) is 30.9 Å². The Labute approximate surface area is 120 Å². The standard InChI is InChI=1S/C16H21FN2O/c1-4-12(2)11-19(3)16(20)14-8-7-13(6-5-9-18)10-15(14)17/h7-8,10,12H,4,9,11,18H2,1-3H3. The van der Waals surface area contributed by atoms with Crippen molar-refractivity contribution in [1.82, 2.24) is 4.90 Å². The molecule has 0 aliphatic rings. The molecule has 108 valence electrons. The molecule has 1 rings (SSSR count). The molecule has 3 nitrogen and oxygen atoms in total. The maximum atomic E-state index is 14.0. The monoisotopic (exact) mass is 276 g/mol. The van der Waals surface area contributed by atoms with Gasteiger partial charge in [0.15, 0.2) is 0 Å². The molecule has 1 atom stereocenters. The number of nitrogens with two attached hydrogens (primary N) is 1. The van der Waals surface area contributed by atoms with Gasteiger partial charge in [0.2, 0.25) is 0 Å². The lowest BCUT2D eigenvalue weighted by Gasteiger charge is -2.21. The molecule has 4 heteroatoms. The summed E-state index contributed by atoms with van der Waals surface area (Å²) in [7, 11) is 1.69. The molecular formula is C16H21FN2O. The zero-order chi connectivity index (χ0) is 15.1. The van der Waals surface area contributed by atoms with E-state index in [0.29, 0.717) is 18.0 Å². The Morgan fingerprint density at radius 2 is 2.20 bits per heavy atom. The minimum Gasteiger partial charge on any atom is -0.341 e. The summed E-state index contributed by atoms with van der Waals surface area (Å²) in [6.45, 7) is 4.96. The third-order valence-corrected chi connectivity index (χ3v) is 3.16. The van der Waals surface area contributed by atoms with Gasteiger partial charge in [-0.15, -0.1) is 0 Å². The minimum atomic E-state index is -0.546. The fraction of sp³-hybridized carbons (Fsp3) is 0.438. The van der Waals surface area contributed by atoms with Crippen molar-refractivity contribution in [2.75, 3.05) is 20.1 Å². The summed E-state index contributed by atoms with van der Waals surface area (Å²) in [6.07, 6.45) is 0.980. The summed E-state index contributed by atoms with van der Waals surface area (Å²) in [6, 6.07) is 4.38. The molecule has 0 aliphatic heterocycles. The molecule has 0 bridgehead atoms. The van der Waals surface area contributed by atoms with Crippen molar-refractivity contribution in [2.45, 2.75) is 20.3 Å². The van der Waals surface area contributed by atoms with Gasteiger partial charge in [-0.2, -0.15) is 0 Å². The van der Waals surface area contributed by atoms with Gasteiger partial charge in [0.25, 0.3) is 5.91 Å². The number of amides is 1. The van der Waals surface area contributed by atoms with Crippen molar-refractivity contribution >= 4 is 5.91 Å². The van der Waals surface area contributed by atoms with Gasteiger partial charge >= 0.3 is 0 Å². The first-order valence-electron chi connectivity index (χ1n) is 6.73. The second-order valence-electron chi connectivity index (χ2n) is 4.90. The van der Waals surface area contributed by atoms with E-state index in [1.807, 2.05) is 0 Å². The minimum absolute atomic E-state index is 0.0779. The highest BCUT2D eigenvalue weighted by Gasteiger charge is 2.17. The van der Waals surface area contributed by atoms with Crippen molar-refractivity contribution in [3.63, 3.8) is 0 Å². The third-order valence-electron chi connectivity index (χ3n) is 3.16.